The van der Waals surface area contributed by atoms with Crippen LogP contribution in [-0.2, 0) is 10.0 Å². The van der Waals surface area contributed by atoms with Gasteiger partial charge in [0.25, 0.3) is 10.0 Å². The first-order valence-electron chi connectivity index (χ1n) is 6.50. The second-order valence-electron chi connectivity index (χ2n) is 4.69. The summed E-state index contributed by atoms with van der Waals surface area (Å²) in [5.74, 6) is 0. The molecule has 0 aliphatic heterocycles. The molecule has 0 saturated heterocycles. The van der Waals surface area contributed by atoms with Gasteiger partial charge >= 0.3 is 0 Å². The van der Waals surface area contributed by atoms with Crippen LogP contribution in [0, 0.1) is 6.92 Å². The molecule has 6 heteroatoms. The Morgan fingerprint density at radius 3 is 2.48 bits per heavy atom. The summed E-state index contributed by atoms with van der Waals surface area (Å²) in [6.07, 6.45) is 0. The molecule has 0 fully saturated rings. The van der Waals surface area contributed by atoms with Crippen molar-refractivity contribution in [2.45, 2.75) is 18.7 Å². The third-order valence-electron chi connectivity index (χ3n) is 3.12. The van der Waals surface area contributed by atoms with Crippen molar-refractivity contribution in [2.24, 2.45) is 0 Å². The fourth-order valence-electron chi connectivity index (χ4n) is 2.15. The van der Waals surface area contributed by atoms with E-state index in [1.165, 1.54) is 10.4 Å². The van der Waals surface area contributed by atoms with Gasteiger partial charge in [0.05, 0.1) is 11.4 Å². The lowest BCUT2D eigenvalue weighted by atomic mass is 10.2. The van der Waals surface area contributed by atoms with Crippen molar-refractivity contribution in [3.63, 3.8) is 0 Å². The van der Waals surface area contributed by atoms with Crippen LogP contribution in [0.4, 0.5) is 11.4 Å². The average molecular weight is 369 g/mol. The summed E-state index contributed by atoms with van der Waals surface area (Å²) in [5, 5.41) is 0. The van der Waals surface area contributed by atoms with Crippen molar-refractivity contribution in [1.29, 1.82) is 0 Å². The molecule has 0 aromatic heterocycles. The van der Waals surface area contributed by atoms with Crippen LogP contribution in [0.15, 0.2) is 51.8 Å². The van der Waals surface area contributed by atoms with E-state index in [1.807, 2.05) is 25.1 Å². The van der Waals surface area contributed by atoms with Gasteiger partial charge in [-0.25, -0.2) is 8.42 Å². The van der Waals surface area contributed by atoms with Crippen molar-refractivity contribution < 1.29 is 8.42 Å². The lowest BCUT2D eigenvalue weighted by molar-refractivity contribution is 0.592. The molecule has 0 heterocycles. The van der Waals surface area contributed by atoms with Gasteiger partial charge in [-0.2, -0.15) is 0 Å². The van der Waals surface area contributed by atoms with Crippen molar-refractivity contribution in [2.75, 3.05) is 16.6 Å². The summed E-state index contributed by atoms with van der Waals surface area (Å²) in [6.45, 7) is 4.06. The number of nitrogens with two attached hydrogens (primary N) is 1. The lowest BCUT2D eigenvalue weighted by Gasteiger charge is -2.24. The summed E-state index contributed by atoms with van der Waals surface area (Å²) in [7, 11) is -3.68. The van der Waals surface area contributed by atoms with Gasteiger partial charge in [0, 0.05) is 11.0 Å². The summed E-state index contributed by atoms with van der Waals surface area (Å²) in [5.41, 5.74) is 7.75. The van der Waals surface area contributed by atoms with Gasteiger partial charge in [0.1, 0.15) is 4.90 Å². The summed E-state index contributed by atoms with van der Waals surface area (Å²) in [6, 6.07) is 12.2. The number of hydrogen-bond acceptors (Lipinski definition) is 3. The van der Waals surface area contributed by atoms with E-state index in [2.05, 4.69) is 15.9 Å². The number of anilines is 2. The first-order chi connectivity index (χ1) is 9.86. The minimum atomic E-state index is -3.68. The second-order valence-corrected chi connectivity index (χ2v) is 7.44. The van der Waals surface area contributed by atoms with E-state index in [0.29, 0.717) is 12.2 Å². The molecule has 4 nitrogen and oxygen atoms in total. The molecule has 0 spiro atoms. The van der Waals surface area contributed by atoms with E-state index < -0.39 is 10.0 Å². The molecule has 2 N–H and O–H groups in total. The van der Waals surface area contributed by atoms with Gasteiger partial charge in [0.15, 0.2) is 0 Å². The molecule has 0 unspecified atom stereocenters. The molecule has 0 saturated carbocycles. The van der Waals surface area contributed by atoms with Gasteiger partial charge in [-0.3, -0.25) is 4.31 Å². The van der Waals surface area contributed by atoms with E-state index in [4.69, 9.17) is 5.73 Å². The van der Waals surface area contributed by atoms with E-state index in [1.54, 1.807) is 25.1 Å². The van der Waals surface area contributed by atoms with Gasteiger partial charge in [-0.15, -0.1) is 0 Å². The Hall–Kier alpha value is -1.53. The second kappa shape index (κ2) is 6.07. The van der Waals surface area contributed by atoms with Crippen LogP contribution < -0.4 is 10.0 Å². The van der Waals surface area contributed by atoms with E-state index in [9.17, 15) is 8.42 Å². The zero-order valence-electron chi connectivity index (χ0n) is 11.9. The van der Waals surface area contributed by atoms with Crippen molar-refractivity contribution in [3.05, 3.63) is 52.5 Å². The van der Waals surface area contributed by atoms with Crippen LogP contribution in [0.2, 0.25) is 0 Å². The number of hydrogen-bond donors (Lipinski definition) is 1. The molecule has 0 amide bonds. The van der Waals surface area contributed by atoms with Gasteiger partial charge < -0.3 is 5.73 Å². The Balaban J connectivity index is 2.54. The molecule has 0 bridgehead atoms. The van der Waals surface area contributed by atoms with E-state index >= 15 is 0 Å². The third kappa shape index (κ3) is 3.22. The number of sulfonamides is 1. The third-order valence-corrected chi connectivity index (χ3v) is 5.59. The summed E-state index contributed by atoms with van der Waals surface area (Å²) in [4.78, 5) is 0.119. The minimum absolute atomic E-state index is 0.119. The monoisotopic (exact) mass is 368 g/mol. The van der Waals surface area contributed by atoms with Crippen molar-refractivity contribution in [3.8, 4) is 0 Å². The Bertz CT molecular complexity index is 760. The van der Waals surface area contributed by atoms with Crippen LogP contribution in [0.3, 0.4) is 0 Å². The highest BCUT2D eigenvalue weighted by Gasteiger charge is 2.25. The first-order valence-corrected chi connectivity index (χ1v) is 8.74. The van der Waals surface area contributed by atoms with Crippen LogP contribution in [0.25, 0.3) is 0 Å². The standard InChI is InChI=1S/C15H17BrN2O2S/c1-3-18(13-6-4-5-11(2)9-13)21(19,20)15-8-7-12(16)10-14(15)17/h4-10H,3,17H2,1-2H3. The quantitative estimate of drug-likeness (QED) is 0.839. The van der Waals surface area contributed by atoms with Crippen molar-refractivity contribution >= 4 is 37.3 Å². The Morgan fingerprint density at radius 2 is 1.90 bits per heavy atom. The number of benzene rings is 2. The first kappa shape index (κ1) is 15.9. The Kier molecular flexibility index (Phi) is 4.58. The molecule has 2 aromatic rings. The predicted molar refractivity (Wildman–Crippen MR) is 89.9 cm³/mol. The summed E-state index contributed by atoms with van der Waals surface area (Å²) < 4.78 is 27.8. The maximum atomic E-state index is 12.8. The molecule has 0 radical (unpaired) electrons. The van der Waals surface area contributed by atoms with Gasteiger partial charge in [-0.05, 0) is 49.7 Å². The number of rotatable bonds is 4. The number of nitrogen functional groups attached to an aromatic ring is 1. The molecule has 2 rings (SSSR count). The molecule has 0 aliphatic rings. The van der Waals surface area contributed by atoms with Crippen LogP contribution in [-0.4, -0.2) is 15.0 Å². The highest BCUT2D eigenvalue weighted by atomic mass is 79.9. The molecular weight excluding hydrogens is 352 g/mol. The maximum Gasteiger partial charge on any atom is 0.266 e. The van der Waals surface area contributed by atoms with Crippen LogP contribution in [0.1, 0.15) is 12.5 Å². The van der Waals surface area contributed by atoms with Gasteiger partial charge in [0.2, 0.25) is 0 Å². The zero-order chi connectivity index (χ0) is 15.6. The minimum Gasteiger partial charge on any atom is -0.398 e. The molecule has 21 heavy (non-hydrogen) atoms. The smallest absolute Gasteiger partial charge is 0.266 e. The SMILES string of the molecule is CCN(c1cccc(C)c1)S(=O)(=O)c1ccc(Br)cc1N. The molecule has 112 valence electrons. The number of aryl methyl sites for hydroxylation is 1. The van der Waals surface area contributed by atoms with Crippen LogP contribution >= 0.6 is 15.9 Å². The molecule has 0 aliphatic carbocycles. The average Bonchev–Trinajstić information content (AvgIpc) is 2.38. The number of halogens is 1. The van der Waals surface area contributed by atoms with E-state index in [0.717, 1.165) is 10.0 Å². The predicted octanol–water partition coefficient (Wildman–Crippen LogP) is 3.55. The zero-order valence-corrected chi connectivity index (χ0v) is 14.3. The normalized spacial score (nSPS) is 11.4. The van der Waals surface area contributed by atoms with Gasteiger partial charge in [-0.1, -0.05) is 28.1 Å². The highest BCUT2D eigenvalue weighted by molar-refractivity contribution is 9.10. The Labute approximate surface area is 133 Å². The highest BCUT2D eigenvalue weighted by Crippen LogP contribution is 2.29. The molecule has 0 atom stereocenters. The fourth-order valence-corrected chi connectivity index (χ4v) is 4.09. The van der Waals surface area contributed by atoms with E-state index in [-0.39, 0.29) is 10.6 Å². The maximum absolute atomic E-state index is 12.8. The molecular formula is C15H17BrN2O2S. The van der Waals surface area contributed by atoms with Crippen molar-refractivity contribution in [1.82, 2.24) is 0 Å². The summed E-state index contributed by atoms with van der Waals surface area (Å²) >= 11 is 3.28. The topological polar surface area (TPSA) is 63.4 Å². The lowest BCUT2D eigenvalue weighted by Crippen LogP contribution is -2.31. The van der Waals surface area contributed by atoms with Crippen LogP contribution in [0.5, 0.6) is 0 Å². The fraction of sp³-hybridized carbons (Fsp3) is 0.200. The largest absolute Gasteiger partial charge is 0.398 e. The Morgan fingerprint density at radius 1 is 1.19 bits per heavy atom. The molecule has 2 aromatic carbocycles. The number of nitrogens with zero attached hydrogens (tertiary/aromatic N) is 1.